The molecule has 1 aliphatic carbocycles. The first kappa shape index (κ1) is 13.2. The van der Waals surface area contributed by atoms with Gasteiger partial charge in [-0.05, 0) is 31.9 Å². The van der Waals surface area contributed by atoms with Crippen molar-refractivity contribution in [1.29, 1.82) is 0 Å². The first-order chi connectivity index (χ1) is 9.62. The van der Waals surface area contributed by atoms with Crippen molar-refractivity contribution in [2.75, 3.05) is 11.4 Å². The molecule has 1 heterocycles. The van der Waals surface area contributed by atoms with Crippen LogP contribution in [0.5, 0.6) is 0 Å². The van der Waals surface area contributed by atoms with Crippen LogP contribution in [0.2, 0.25) is 0 Å². The molecule has 4 nitrogen and oxygen atoms in total. The number of aryl methyl sites for hydroxylation is 1. The van der Waals surface area contributed by atoms with E-state index in [0.717, 1.165) is 31.4 Å². The zero-order valence-electron chi connectivity index (χ0n) is 11.8. The van der Waals surface area contributed by atoms with E-state index >= 15 is 0 Å². The van der Waals surface area contributed by atoms with Crippen LogP contribution >= 0.6 is 0 Å². The van der Waals surface area contributed by atoms with E-state index in [-0.39, 0.29) is 18.4 Å². The molecule has 0 atom stereocenters. The summed E-state index contributed by atoms with van der Waals surface area (Å²) < 4.78 is 0. The normalized spacial score (nSPS) is 21.9. The Kier molecular flexibility index (Phi) is 3.24. The topological polar surface area (TPSA) is 49.4 Å². The largest absolute Gasteiger partial charge is 0.348 e. The second-order valence-corrected chi connectivity index (χ2v) is 5.89. The lowest BCUT2D eigenvalue weighted by molar-refractivity contribution is -0.137. The van der Waals surface area contributed by atoms with Crippen molar-refractivity contribution in [3.05, 3.63) is 29.8 Å². The molecule has 0 unspecified atom stereocenters. The van der Waals surface area contributed by atoms with Crippen molar-refractivity contribution in [3.8, 4) is 0 Å². The van der Waals surface area contributed by atoms with E-state index in [9.17, 15) is 9.59 Å². The number of benzene rings is 1. The van der Waals surface area contributed by atoms with Crippen LogP contribution in [0.15, 0.2) is 24.3 Å². The van der Waals surface area contributed by atoms with Gasteiger partial charge in [0.15, 0.2) is 0 Å². The highest BCUT2D eigenvalue weighted by Gasteiger charge is 2.48. The maximum atomic E-state index is 12.5. The van der Waals surface area contributed by atoms with Crippen LogP contribution in [0.25, 0.3) is 0 Å². The Morgan fingerprint density at radius 1 is 1.05 bits per heavy atom. The van der Waals surface area contributed by atoms with Crippen LogP contribution < -0.4 is 10.2 Å². The lowest BCUT2D eigenvalue weighted by atomic mass is 9.78. The van der Waals surface area contributed by atoms with Crippen molar-refractivity contribution < 1.29 is 9.59 Å². The zero-order chi connectivity index (χ0) is 14.2. The molecular formula is C16H20N2O2. The molecule has 2 amide bonds. The van der Waals surface area contributed by atoms with Gasteiger partial charge >= 0.3 is 0 Å². The summed E-state index contributed by atoms with van der Waals surface area (Å²) in [5, 5.41) is 2.53. The number of piperazine rings is 1. The van der Waals surface area contributed by atoms with Crippen LogP contribution in [-0.2, 0) is 9.59 Å². The molecule has 0 aromatic heterocycles. The minimum atomic E-state index is -0.526. The fourth-order valence-electron chi connectivity index (χ4n) is 3.40. The van der Waals surface area contributed by atoms with Crippen LogP contribution in [0.3, 0.4) is 0 Å². The second-order valence-electron chi connectivity index (χ2n) is 5.89. The van der Waals surface area contributed by atoms with Gasteiger partial charge in [0.05, 0.1) is 6.54 Å². The van der Waals surface area contributed by atoms with E-state index in [2.05, 4.69) is 5.32 Å². The van der Waals surface area contributed by atoms with Gasteiger partial charge in [0.1, 0.15) is 5.54 Å². The summed E-state index contributed by atoms with van der Waals surface area (Å²) in [7, 11) is 0. The molecule has 1 aromatic carbocycles. The monoisotopic (exact) mass is 272 g/mol. The summed E-state index contributed by atoms with van der Waals surface area (Å²) >= 11 is 0. The number of nitrogens with zero attached hydrogens (tertiary/aromatic N) is 1. The van der Waals surface area contributed by atoms with Crippen LogP contribution in [0.4, 0.5) is 5.69 Å². The van der Waals surface area contributed by atoms with Crippen LogP contribution in [0, 0.1) is 6.92 Å². The van der Waals surface area contributed by atoms with Crippen molar-refractivity contribution in [1.82, 2.24) is 5.32 Å². The predicted octanol–water partition coefficient (Wildman–Crippen LogP) is 2.16. The van der Waals surface area contributed by atoms with Gasteiger partial charge in [-0.1, -0.05) is 37.0 Å². The molecule has 2 fully saturated rings. The van der Waals surface area contributed by atoms with E-state index in [1.807, 2.05) is 36.1 Å². The Bertz CT molecular complexity index is 530. The number of carbonyl (C=O) groups is 2. The van der Waals surface area contributed by atoms with Gasteiger partial charge in [-0.3, -0.25) is 14.9 Å². The summed E-state index contributed by atoms with van der Waals surface area (Å²) in [5.74, 6) is -0.319. The predicted molar refractivity (Wildman–Crippen MR) is 77.5 cm³/mol. The van der Waals surface area contributed by atoms with Crippen molar-refractivity contribution in [2.45, 2.75) is 44.6 Å². The van der Waals surface area contributed by atoms with E-state index in [1.54, 1.807) is 0 Å². The number of anilines is 1. The highest BCUT2D eigenvalue weighted by Crippen LogP contribution is 2.38. The van der Waals surface area contributed by atoms with E-state index in [1.165, 1.54) is 12.0 Å². The maximum Gasteiger partial charge on any atom is 0.252 e. The number of imide groups is 1. The Morgan fingerprint density at radius 2 is 1.70 bits per heavy atom. The molecule has 0 bridgehead atoms. The summed E-state index contributed by atoms with van der Waals surface area (Å²) in [4.78, 5) is 26.3. The molecule has 1 saturated heterocycles. The van der Waals surface area contributed by atoms with Gasteiger partial charge in [-0.2, -0.15) is 0 Å². The Morgan fingerprint density at radius 3 is 2.35 bits per heavy atom. The summed E-state index contributed by atoms with van der Waals surface area (Å²) in [6.07, 6.45) is 4.93. The minimum absolute atomic E-state index is 0.117. The highest BCUT2D eigenvalue weighted by atomic mass is 16.2. The van der Waals surface area contributed by atoms with Gasteiger partial charge in [-0.25, -0.2) is 0 Å². The third kappa shape index (κ3) is 2.09. The molecule has 1 saturated carbocycles. The van der Waals surface area contributed by atoms with Gasteiger partial charge in [0.25, 0.3) is 5.91 Å². The van der Waals surface area contributed by atoms with E-state index < -0.39 is 5.54 Å². The second kappa shape index (κ2) is 4.93. The molecule has 20 heavy (non-hydrogen) atoms. The van der Waals surface area contributed by atoms with Gasteiger partial charge in [0, 0.05) is 5.69 Å². The Labute approximate surface area is 119 Å². The molecule has 1 aliphatic heterocycles. The molecule has 4 heteroatoms. The average Bonchev–Trinajstić information content (AvgIpc) is 2.45. The number of rotatable bonds is 1. The van der Waals surface area contributed by atoms with Gasteiger partial charge in [-0.15, -0.1) is 0 Å². The smallest absolute Gasteiger partial charge is 0.252 e. The third-order valence-electron chi connectivity index (χ3n) is 4.52. The minimum Gasteiger partial charge on any atom is -0.348 e. The molecule has 1 spiro atoms. The number of hydrogen-bond acceptors (Lipinski definition) is 3. The van der Waals surface area contributed by atoms with Crippen LogP contribution in [0.1, 0.15) is 37.7 Å². The van der Waals surface area contributed by atoms with Crippen molar-refractivity contribution in [3.63, 3.8) is 0 Å². The standard InChI is InChI=1S/C16H20N2O2/c1-12-5-7-13(8-6-12)18-11-14(19)17-15(20)16(18)9-3-2-4-10-16/h5-8H,2-4,9-11H2,1H3,(H,17,19,20). The van der Waals surface area contributed by atoms with E-state index in [4.69, 9.17) is 0 Å². The summed E-state index contributed by atoms with van der Waals surface area (Å²) in [6.45, 7) is 2.31. The third-order valence-corrected chi connectivity index (χ3v) is 4.52. The summed E-state index contributed by atoms with van der Waals surface area (Å²) in [6, 6.07) is 8.08. The molecule has 2 aliphatic rings. The van der Waals surface area contributed by atoms with E-state index in [0.29, 0.717) is 0 Å². The van der Waals surface area contributed by atoms with Crippen molar-refractivity contribution >= 4 is 17.5 Å². The highest BCUT2D eigenvalue weighted by molar-refractivity contribution is 6.07. The molecular weight excluding hydrogens is 252 g/mol. The summed E-state index contributed by atoms with van der Waals surface area (Å²) in [5.41, 5.74) is 1.63. The molecule has 3 rings (SSSR count). The number of carbonyl (C=O) groups excluding carboxylic acids is 2. The number of nitrogens with one attached hydrogen (secondary N) is 1. The average molecular weight is 272 g/mol. The zero-order valence-corrected chi connectivity index (χ0v) is 11.8. The van der Waals surface area contributed by atoms with Gasteiger partial charge in [0.2, 0.25) is 5.91 Å². The number of hydrogen-bond donors (Lipinski definition) is 1. The fourth-order valence-corrected chi connectivity index (χ4v) is 3.40. The fraction of sp³-hybridized carbons (Fsp3) is 0.500. The SMILES string of the molecule is Cc1ccc(N2CC(=O)NC(=O)C23CCCCC3)cc1. The molecule has 1 N–H and O–H groups in total. The van der Waals surface area contributed by atoms with Gasteiger partial charge < -0.3 is 4.90 Å². The molecule has 106 valence electrons. The molecule has 1 aromatic rings. The lowest BCUT2D eigenvalue weighted by Crippen LogP contribution is -2.67. The Balaban J connectivity index is 2.01. The van der Waals surface area contributed by atoms with Crippen LogP contribution in [-0.4, -0.2) is 23.9 Å². The lowest BCUT2D eigenvalue weighted by Gasteiger charge is -2.48. The van der Waals surface area contributed by atoms with Crippen molar-refractivity contribution in [2.24, 2.45) is 0 Å². The first-order valence-electron chi connectivity index (χ1n) is 7.30. The quantitative estimate of drug-likeness (QED) is 0.797. The Hall–Kier alpha value is -1.84. The number of amides is 2. The maximum absolute atomic E-state index is 12.5. The molecule has 0 radical (unpaired) electrons. The first-order valence-corrected chi connectivity index (χ1v) is 7.30.